The Morgan fingerprint density at radius 3 is 2.52 bits per heavy atom. The number of nitriles is 1. The first kappa shape index (κ1) is 33.3. The lowest BCUT2D eigenvalue weighted by Crippen LogP contribution is -2.18. The number of halogens is 1. The number of nitrogens with zero attached hydrogens (tertiary/aromatic N) is 2. The zero-order valence-corrected chi connectivity index (χ0v) is 27.0. The minimum Gasteiger partial charge on any atom is -0.481 e. The van der Waals surface area contributed by atoms with Gasteiger partial charge in [-0.15, -0.1) is 0 Å². The zero-order chi connectivity index (χ0) is 31.7. The van der Waals surface area contributed by atoms with Crippen LogP contribution in [0.4, 0.5) is 0 Å². The number of hydrogen-bond acceptors (Lipinski definition) is 5. The van der Waals surface area contributed by atoms with Crippen LogP contribution in [0.2, 0.25) is 5.02 Å². The Hall–Kier alpha value is -3.63. The Morgan fingerprint density at radius 2 is 1.82 bits per heavy atom. The van der Waals surface area contributed by atoms with Crippen molar-refractivity contribution in [2.75, 3.05) is 5.75 Å². The fraction of sp³-hybridized carbons (Fsp3) is 0.324. The number of hydrogen-bond donors (Lipinski definition) is 2. The van der Waals surface area contributed by atoms with E-state index in [1.165, 1.54) is 12.5 Å². The first-order valence-corrected chi connectivity index (χ1v) is 16.2. The van der Waals surface area contributed by atoms with Crippen LogP contribution in [0.3, 0.4) is 0 Å². The lowest BCUT2D eigenvalue weighted by atomic mass is 9.90. The van der Waals surface area contributed by atoms with Gasteiger partial charge in [-0.2, -0.15) is 17.0 Å². The van der Waals surface area contributed by atoms with Crippen molar-refractivity contribution in [1.82, 2.24) is 4.98 Å². The maximum absolute atomic E-state index is 11.5. The van der Waals surface area contributed by atoms with Crippen molar-refractivity contribution in [3.63, 3.8) is 0 Å². The Bertz CT molecular complexity index is 1670. The average Bonchev–Trinajstić information content (AvgIpc) is 3.74. The molecule has 3 aromatic carbocycles. The summed E-state index contributed by atoms with van der Waals surface area (Å²) in [5.41, 5.74) is 5.15. The number of aryl methyl sites for hydroxylation is 1. The summed E-state index contributed by atoms with van der Waals surface area (Å²) in [6.07, 6.45) is 8.02. The molecule has 0 bridgehead atoms. The maximum atomic E-state index is 11.5. The summed E-state index contributed by atoms with van der Waals surface area (Å²) in [4.78, 5) is 16.2. The summed E-state index contributed by atoms with van der Waals surface area (Å²) in [6, 6.07) is 28.2. The van der Waals surface area contributed by atoms with Crippen molar-refractivity contribution in [3.8, 4) is 6.07 Å². The molecule has 44 heavy (non-hydrogen) atoms. The van der Waals surface area contributed by atoms with E-state index in [0.29, 0.717) is 5.02 Å². The number of aliphatic carboxylic acids is 1. The van der Waals surface area contributed by atoms with E-state index in [0.717, 1.165) is 64.7 Å². The highest BCUT2D eigenvalue weighted by Crippen LogP contribution is 2.53. The number of aliphatic hydroxyl groups is 1. The Balaban J connectivity index is 0.00000141. The number of thioether (sulfide) groups is 1. The van der Waals surface area contributed by atoms with E-state index in [2.05, 4.69) is 42.5 Å². The molecular weight excluding hydrogens is 588 g/mol. The zero-order valence-electron chi connectivity index (χ0n) is 25.5. The van der Waals surface area contributed by atoms with Crippen LogP contribution in [0.25, 0.3) is 23.1 Å². The lowest BCUT2D eigenvalue weighted by Gasteiger charge is -2.24. The number of rotatable bonds is 12. The summed E-state index contributed by atoms with van der Waals surface area (Å²) in [6.45, 7) is 5.09. The molecule has 7 heteroatoms. The highest BCUT2D eigenvalue weighted by atomic mass is 35.5. The molecule has 228 valence electrons. The van der Waals surface area contributed by atoms with Crippen LogP contribution in [0, 0.1) is 16.7 Å². The van der Waals surface area contributed by atoms with Gasteiger partial charge in [0.15, 0.2) is 0 Å². The van der Waals surface area contributed by atoms with Gasteiger partial charge in [0.2, 0.25) is 0 Å². The summed E-state index contributed by atoms with van der Waals surface area (Å²) in [7, 11) is 0. The SMILES string of the molecule is CC#N.CC(C)(O)c1ccccc1CC[C@@H](SCC1(CC(=O)O)CC1)c1cccc(/C=C/c2ccc3ccc(Cl)cc3n2)c1. The van der Waals surface area contributed by atoms with Gasteiger partial charge in [-0.1, -0.05) is 78.3 Å². The number of fused-ring (bicyclic) bond motifs is 1. The Labute approximate surface area is 269 Å². The minimum absolute atomic E-state index is 0.0814. The third-order valence-corrected chi connectivity index (χ3v) is 9.76. The van der Waals surface area contributed by atoms with Crippen molar-refractivity contribution in [2.45, 2.75) is 63.7 Å². The Morgan fingerprint density at radius 1 is 1.09 bits per heavy atom. The molecule has 1 aromatic heterocycles. The summed E-state index contributed by atoms with van der Waals surface area (Å²) >= 11 is 8.04. The molecule has 0 aliphatic heterocycles. The highest BCUT2D eigenvalue weighted by Gasteiger charge is 2.44. The Kier molecular flexibility index (Phi) is 11.3. The van der Waals surface area contributed by atoms with Crippen LogP contribution in [-0.2, 0) is 16.8 Å². The summed E-state index contributed by atoms with van der Waals surface area (Å²) < 4.78 is 0. The number of aromatic nitrogens is 1. The molecule has 0 saturated heterocycles. The average molecular weight is 627 g/mol. The van der Waals surface area contributed by atoms with Crippen LogP contribution in [0.15, 0.2) is 78.9 Å². The van der Waals surface area contributed by atoms with Gasteiger partial charge >= 0.3 is 5.97 Å². The van der Waals surface area contributed by atoms with Gasteiger partial charge in [-0.3, -0.25) is 4.79 Å². The molecule has 5 rings (SSSR count). The lowest BCUT2D eigenvalue weighted by molar-refractivity contribution is -0.138. The van der Waals surface area contributed by atoms with E-state index in [1.54, 1.807) is 6.07 Å². The van der Waals surface area contributed by atoms with Gasteiger partial charge in [0.25, 0.3) is 0 Å². The number of pyridine rings is 1. The van der Waals surface area contributed by atoms with Gasteiger partial charge in [0.1, 0.15) is 0 Å². The minimum atomic E-state index is -0.911. The van der Waals surface area contributed by atoms with E-state index < -0.39 is 11.6 Å². The normalized spacial score (nSPS) is 14.5. The summed E-state index contributed by atoms with van der Waals surface area (Å²) in [5.74, 6) is 0.122. The van der Waals surface area contributed by atoms with Gasteiger partial charge in [0.05, 0.1) is 29.3 Å². The molecule has 1 fully saturated rings. The molecular formula is C37H39ClN2O3S. The second-order valence-electron chi connectivity index (χ2n) is 11.9. The number of carboxylic acids is 1. The van der Waals surface area contributed by atoms with E-state index in [4.69, 9.17) is 21.8 Å². The predicted molar refractivity (Wildman–Crippen MR) is 183 cm³/mol. The first-order chi connectivity index (χ1) is 21.0. The van der Waals surface area contributed by atoms with Crippen molar-refractivity contribution in [2.24, 2.45) is 5.41 Å². The van der Waals surface area contributed by atoms with E-state index in [1.807, 2.05) is 74.1 Å². The second-order valence-corrected chi connectivity index (χ2v) is 13.6. The molecule has 5 nitrogen and oxygen atoms in total. The third kappa shape index (κ3) is 9.43. The number of benzene rings is 3. The van der Waals surface area contributed by atoms with Crippen molar-refractivity contribution < 1.29 is 15.0 Å². The summed E-state index contributed by atoms with van der Waals surface area (Å²) in [5, 5.41) is 29.4. The smallest absolute Gasteiger partial charge is 0.303 e. The molecule has 4 aromatic rings. The van der Waals surface area contributed by atoms with E-state index >= 15 is 0 Å². The van der Waals surface area contributed by atoms with Gasteiger partial charge in [-0.05, 0) is 91.5 Å². The quantitative estimate of drug-likeness (QED) is 0.163. The largest absolute Gasteiger partial charge is 0.481 e. The molecule has 1 aliphatic rings. The molecule has 0 amide bonds. The van der Waals surface area contributed by atoms with Gasteiger partial charge in [0, 0.05) is 28.3 Å². The molecule has 2 N–H and O–H groups in total. The fourth-order valence-corrected chi connectivity index (χ4v) is 7.09. The van der Waals surface area contributed by atoms with Crippen LogP contribution < -0.4 is 0 Å². The van der Waals surface area contributed by atoms with Gasteiger partial charge in [-0.25, -0.2) is 4.98 Å². The second kappa shape index (κ2) is 14.9. The first-order valence-electron chi connectivity index (χ1n) is 14.8. The fourth-order valence-electron chi connectivity index (χ4n) is 5.36. The van der Waals surface area contributed by atoms with E-state index in [9.17, 15) is 15.0 Å². The molecule has 1 saturated carbocycles. The van der Waals surface area contributed by atoms with Crippen molar-refractivity contribution in [3.05, 3.63) is 112 Å². The molecule has 1 atom stereocenters. The third-order valence-electron chi connectivity index (χ3n) is 7.83. The van der Waals surface area contributed by atoms with Crippen LogP contribution in [-0.4, -0.2) is 26.9 Å². The molecule has 1 heterocycles. The molecule has 0 unspecified atom stereocenters. The van der Waals surface area contributed by atoms with Crippen LogP contribution >= 0.6 is 23.4 Å². The standard InChI is InChI=1S/C35H36ClNO3S.C2H3N/c1-34(2,40)30-9-4-3-7-25(30)13-17-32(41-23-35(18-19-35)22-33(38)39)27-8-5-6-24(20-27)10-15-29-16-12-26-11-14-28(36)21-31(26)37-29;1-2-3/h3-12,14-16,20-21,32,40H,13,17-19,22-23H2,1-2H3,(H,38,39);1H3/b15-10+;/t32-;/m1./s1. The van der Waals surface area contributed by atoms with Gasteiger partial charge < -0.3 is 10.2 Å². The van der Waals surface area contributed by atoms with Crippen LogP contribution in [0.1, 0.15) is 79.7 Å². The topological polar surface area (TPSA) is 94.2 Å². The highest BCUT2D eigenvalue weighted by molar-refractivity contribution is 7.99. The molecule has 1 aliphatic carbocycles. The molecule has 0 radical (unpaired) electrons. The van der Waals surface area contributed by atoms with E-state index in [-0.39, 0.29) is 17.1 Å². The predicted octanol–water partition coefficient (Wildman–Crippen LogP) is 9.48. The number of carboxylic acid groups (broad SMARTS) is 1. The monoisotopic (exact) mass is 626 g/mol. The maximum Gasteiger partial charge on any atom is 0.303 e. The number of carbonyl (C=O) groups is 1. The molecule has 0 spiro atoms. The van der Waals surface area contributed by atoms with Crippen LogP contribution in [0.5, 0.6) is 0 Å². The van der Waals surface area contributed by atoms with Crippen molar-refractivity contribution >= 4 is 52.4 Å². The van der Waals surface area contributed by atoms with Crippen molar-refractivity contribution in [1.29, 1.82) is 5.26 Å².